The van der Waals surface area contributed by atoms with E-state index in [1.165, 1.54) is 30.6 Å². The summed E-state index contributed by atoms with van der Waals surface area (Å²) in [5, 5.41) is 10.8. The van der Waals surface area contributed by atoms with Gasteiger partial charge in [0.15, 0.2) is 16.5 Å². The normalized spacial score (nSPS) is 11.9. The summed E-state index contributed by atoms with van der Waals surface area (Å²) in [4.78, 5) is 28.6. The number of benzene rings is 3. The van der Waals surface area contributed by atoms with Gasteiger partial charge in [0.2, 0.25) is 0 Å². The molecule has 3 aromatic carbocycles. The number of thiazole rings is 1. The predicted molar refractivity (Wildman–Crippen MR) is 134 cm³/mol. The predicted octanol–water partition coefficient (Wildman–Crippen LogP) is 4.72. The van der Waals surface area contributed by atoms with Gasteiger partial charge in [-0.3, -0.25) is 14.9 Å². The Balaban J connectivity index is 1.46. The molecule has 2 aromatic heterocycles. The zero-order chi connectivity index (χ0) is 23.8. The van der Waals surface area contributed by atoms with Gasteiger partial charge in [-0.05, 0) is 53.6 Å². The van der Waals surface area contributed by atoms with Crippen molar-refractivity contribution in [1.82, 2.24) is 9.38 Å². The summed E-state index contributed by atoms with van der Waals surface area (Å²) >= 11 is 4.88. The molecule has 0 aliphatic heterocycles. The molecule has 2 heterocycles. The highest BCUT2D eigenvalue weighted by Crippen LogP contribution is 2.34. The Morgan fingerprint density at radius 1 is 1.15 bits per heavy atom. The van der Waals surface area contributed by atoms with Crippen LogP contribution in [0.3, 0.4) is 0 Å². The van der Waals surface area contributed by atoms with E-state index in [0.717, 1.165) is 26.6 Å². The number of imidazole rings is 1. The molecular formula is C24H16BrN3O5S. The average Bonchev–Trinajstić information content (AvgIpc) is 3.35. The first kappa shape index (κ1) is 22.1. The van der Waals surface area contributed by atoms with E-state index in [0.29, 0.717) is 21.0 Å². The number of nitro benzene ring substituents is 1. The standard InChI is InChI=1S/C24H16BrN3O5S/c1-32-20-10-15(11-22-23(29)27-19-5-3-2-4-18(19)26-24(27)34-22)17(25)12-21(20)33-13-14-6-8-16(9-7-14)28(30)31/h2-12H,13H2,1H3/b22-11-. The number of halogens is 1. The minimum Gasteiger partial charge on any atom is -0.493 e. The molecule has 0 aliphatic rings. The number of nitrogens with zero attached hydrogens (tertiary/aromatic N) is 3. The smallest absolute Gasteiger partial charge is 0.274 e. The van der Waals surface area contributed by atoms with Crippen molar-refractivity contribution in [3.63, 3.8) is 0 Å². The Bertz CT molecular complexity index is 1660. The molecule has 0 fully saturated rings. The molecule has 0 aliphatic carbocycles. The lowest BCUT2D eigenvalue weighted by Gasteiger charge is -2.13. The van der Waals surface area contributed by atoms with E-state index in [9.17, 15) is 14.9 Å². The Morgan fingerprint density at radius 3 is 2.65 bits per heavy atom. The van der Waals surface area contributed by atoms with E-state index in [1.54, 1.807) is 34.7 Å². The van der Waals surface area contributed by atoms with Crippen LogP contribution in [-0.4, -0.2) is 21.4 Å². The topological polar surface area (TPSA) is 96.0 Å². The molecule has 0 amide bonds. The maximum Gasteiger partial charge on any atom is 0.274 e. The van der Waals surface area contributed by atoms with Crippen LogP contribution in [0.4, 0.5) is 5.69 Å². The number of hydrogen-bond acceptors (Lipinski definition) is 7. The van der Waals surface area contributed by atoms with E-state index >= 15 is 0 Å². The molecule has 34 heavy (non-hydrogen) atoms. The molecule has 0 spiro atoms. The summed E-state index contributed by atoms with van der Waals surface area (Å²) in [6.07, 6.45) is 1.79. The second-order valence-corrected chi connectivity index (χ2v) is 9.23. The molecule has 0 unspecified atom stereocenters. The van der Waals surface area contributed by atoms with E-state index in [4.69, 9.17) is 9.47 Å². The number of rotatable bonds is 6. The van der Waals surface area contributed by atoms with Crippen LogP contribution in [0.5, 0.6) is 11.5 Å². The Morgan fingerprint density at radius 2 is 1.91 bits per heavy atom. The lowest BCUT2D eigenvalue weighted by atomic mass is 10.2. The Hall–Kier alpha value is -3.76. The highest BCUT2D eigenvalue weighted by atomic mass is 79.9. The number of methoxy groups -OCH3 is 1. The molecule has 0 saturated carbocycles. The third kappa shape index (κ3) is 4.02. The summed E-state index contributed by atoms with van der Waals surface area (Å²) in [6.45, 7) is 0.212. The van der Waals surface area contributed by atoms with Crippen LogP contribution >= 0.6 is 27.3 Å². The number of nitro groups is 1. The summed E-state index contributed by atoms with van der Waals surface area (Å²) in [5.41, 5.74) is 3.00. The molecular weight excluding hydrogens is 522 g/mol. The van der Waals surface area contributed by atoms with Crippen LogP contribution in [0.2, 0.25) is 0 Å². The number of ether oxygens (including phenoxy) is 2. The molecule has 0 radical (unpaired) electrons. The largest absolute Gasteiger partial charge is 0.493 e. The van der Waals surface area contributed by atoms with E-state index < -0.39 is 4.92 Å². The zero-order valence-corrected chi connectivity index (χ0v) is 20.1. The maximum absolute atomic E-state index is 13.1. The van der Waals surface area contributed by atoms with Crippen LogP contribution in [0.1, 0.15) is 11.1 Å². The lowest BCUT2D eigenvalue weighted by molar-refractivity contribution is -0.384. The fraction of sp³-hybridized carbons (Fsp3) is 0.0833. The Kier molecular flexibility index (Phi) is 5.76. The van der Waals surface area contributed by atoms with Gasteiger partial charge in [-0.25, -0.2) is 9.38 Å². The number of para-hydroxylation sites is 2. The fourth-order valence-corrected chi connectivity index (χ4v) is 4.98. The van der Waals surface area contributed by atoms with Gasteiger partial charge in [0.25, 0.3) is 11.2 Å². The number of fused-ring (bicyclic) bond motifs is 3. The molecule has 8 nitrogen and oxygen atoms in total. The van der Waals surface area contributed by atoms with Gasteiger partial charge >= 0.3 is 0 Å². The van der Waals surface area contributed by atoms with Crippen molar-refractivity contribution in [2.45, 2.75) is 6.61 Å². The van der Waals surface area contributed by atoms with Crippen molar-refractivity contribution in [2.24, 2.45) is 0 Å². The van der Waals surface area contributed by atoms with Crippen molar-refractivity contribution in [3.05, 3.63) is 101 Å². The van der Waals surface area contributed by atoms with E-state index in [2.05, 4.69) is 20.9 Å². The minimum atomic E-state index is -0.444. The van der Waals surface area contributed by atoms with Crippen molar-refractivity contribution in [1.29, 1.82) is 0 Å². The molecule has 10 heteroatoms. The van der Waals surface area contributed by atoms with Gasteiger partial charge < -0.3 is 9.47 Å². The molecule has 5 aromatic rings. The van der Waals surface area contributed by atoms with Gasteiger partial charge in [0, 0.05) is 16.6 Å². The quantitative estimate of drug-likeness (QED) is 0.230. The molecule has 0 atom stereocenters. The molecule has 0 N–H and O–H groups in total. The number of aromatic nitrogens is 2. The number of non-ortho nitro benzene ring substituents is 1. The first-order valence-corrected chi connectivity index (χ1v) is 11.7. The third-order valence-corrected chi connectivity index (χ3v) is 6.91. The van der Waals surface area contributed by atoms with Gasteiger partial charge in [0.1, 0.15) is 6.61 Å². The average molecular weight is 538 g/mol. The zero-order valence-electron chi connectivity index (χ0n) is 17.7. The van der Waals surface area contributed by atoms with Crippen LogP contribution in [0.25, 0.3) is 22.1 Å². The SMILES string of the molecule is COc1cc(/C=c2\sc3nc4ccccc4n3c2=O)c(Br)cc1OCc1ccc([N+](=O)[O-])cc1. The van der Waals surface area contributed by atoms with E-state index in [-0.39, 0.29) is 17.9 Å². The van der Waals surface area contributed by atoms with Crippen molar-refractivity contribution < 1.29 is 14.4 Å². The van der Waals surface area contributed by atoms with Crippen LogP contribution < -0.4 is 19.6 Å². The second-order valence-electron chi connectivity index (χ2n) is 7.37. The highest BCUT2D eigenvalue weighted by Gasteiger charge is 2.13. The van der Waals surface area contributed by atoms with Crippen LogP contribution in [0.15, 0.2) is 69.9 Å². The minimum absolute atomic E-state index is 0.0238. The van der Waals surface area contributed by atoms with Crippen molar-refractivity contribution in [3.8, 4) is 11.5 Å². The molecule has 5 rings (SSSR count). The van der Waals surface area contributed by atoms with Gasteiger partial charge in [-0.1, -0.05) is 39.4 Å². The fourth-order valence-electron chi connectivity index (χ4n) is 3.56. The monoisotopic (exact) mass is 537 g/mol. The van der Waals surface area contributed by atoms with Crippen LogP contribution in [-0.2, 0) is 6.61 Å². The van der Waals surface area contributed by atoms with Crippen LogP contribution in [0, 0.1) is 10.1 Å². The third-order valence-electron chi connectivity index (χ3n) is 5.26. The highest BCUT2D eigenvalue weighted by molar-refractivity contribution is 9.10. The summed E-state index contributed by atoms with van der Waals surface area (Å²) in [6, 6.07) is 17.3. The lowest BCUT2D eigenvalue weighted by Crippen LogP contribution is -2.22. The first-order chi connectivity index (χ1) is 16.4. The van der Waals surface area contributed by atoms with Crippen molar-refractivity contribution in [2.75, 3.05) is 7.11 Å². The second kappa shape index (κ2) is 8.88. The molecule has 0 bridgehead atoms. The van der Waals surface area contributed by atoms with Crippen molar-refractivity contribution >= 4 is 55.0 Å². The Labute approximate surface area is 205 Å². The van der Waals surface area contributed by atoms with Gasteiger partial charge in [-0.15, -0.1) is 0 Å². The summed E-state index contributed by atoms with van der Waals surface area (Å²) in [5.74, 6) is 0.995. The molecule has 170 valence electrons. The van der Waals surface area contributed by atoms with E-state index in [1.807, 2.05) is 24.3 Å². The molecule has 0 saturated heterocycles. The van der Waals surface area contributed by atoms with Gasteiger partial charge in [0.05, 0.1) is 27.6 Å². The maximum atomic E-state index is 13.1. The number of hydrogen-bond donors (Lipinski definition) is 0. The summed E-state index contributed by atoms with van der Waals surface area (Å²) in [7, 11) is 1.54. The first-order valence-electron chi connectivity index (χ1n) is 10.1. The van der Waals surface area contributed by atoms with Gasteiger partial charge in [-0.2, -0.15) is 0 Å². The summed E-state index contributed by atoms with van der Waals surface area (Å²) < 4.78 is 14.3.